The highest BCUT2D eigenvalue weighted by Gasteiger charge is 2.18. The Balaban J connectivity index is 0.000000335. The van der Waals surface area contributed by atoms with Gasteiger partial charge in [0, 0.05) is 81.9 Å². The number of nitrogens with one attached hydrogen (secondary N) is 5. The van der Waals surface area contributed by atoms with Gasteiger partial charge in [-0.3, -0.25) is 14.4 Å². The highest BCUT2D eigenvalue weighted by atomic mass is 35.5. The van der Waals surface area contributed by atoms with Crippen molar-refractivity contribution in [3.63, 3.8) is 0 Å². The molecule has 97 heavy (non-hydrogen) atoms. The minimum atomic E-state index is -1.24. The van der Waals surface area contributed by atoms with Crippen molar-refractivity contribution in [3.8, 4) is 17.6 Å². The molecule has 2 aromatic carbocycles. The Morgan fingerprint density at radius 2 is 0.887 bits per heavy atom. The van der Waals surface area contributed by atoms with Crippen molar-refractivity contribution in [3.05, 3.63) is 178 Å². The maximum atomic E-state index is 12.7. The van der Waals surface area contributed by atoms with Crippen LogP contribution in [-0.4, -0.2) is 140 Å². The van der Waals surface area contributed by atoms with Gasteiger partial charge in [-0.25, -0.2) is 29.3 Å². The zero-order valence-corrected chi connectivity index (χ0v) is 59.7. The molecule has 528 valence electrons. The molecule has 0 saturated carbocycles. The highest BCUT2D eigenvalue weighted by molar-refractivity contribution is 6.42. The van der Waals surface area contributed by atoms with E-state index in [1.807, 2.05) is 41.5 Å². The van der Waals surface area contributed by atoms with Crippen LogP contribution in [0.4, 0.5) is 21.5 Å². The van der Waals surface area contributed by atoms with Gasteiger partial charge in [-0.15, -0.1) is 0 Å². The maximum absolute atomic E-state index is 12.7. The van der Waals surface area contributed by atoms with Gasteiger partial charge in [-0.2, -0.15) is 15.0 Å². The van der Waals surface area contributed by atoms with E-state index in [0.717, 1.165) is 75.5 Å². The Bertz CT molecular complexity index is 3670. The van der Waals surface area contributed by atoms with Gasteiger partial charge < -0.3 is 70.2 Å². The smallest absolute Gasteiger partial charge is 0.407 e. The van der Waals surface area contributed by atoms with Crippen molar-refractivity contribution < 1.29 is 48.0 Å². The number of carbonyl (C=O) groups excluding carboxylic acids is 3. The van der Waals surface area contributed by atoms with E-state index in [0.29, 0.717) is 88.9 Å². The quantitative estimate of drug-likeness (QED) is 0.0177. The van der Waals surface area contributed by atoms with Gasteiger partial charge in [0.05, 0.1) is 54.5 Å². The molecule has 8 N–H and O–H groups in total. The second-order valence-corrected chi connectivity index (χ2v) is 24.6. The molecule has 0 bridgehead atoms. The van der Waals surface area contributed by atoms with Crippen molar-refractivity contribution in [2.24, 2.45) is 5.73 Å². The van der Waals surface area contributed by atoms with Crippen LogP contribution in [0, 0.1) is 0 Å². The molecule has 5 heterocycles. The summed E-state index contributed by atoms with van der Waals surface area (Å²) >= 11 is 29.1. The van der Waals surface area contributed by atoms with Crippen LogP contribution < -0.4 is 57.6 Å². The highest BCUT2D eigenvalue weighted by Crippen LogP contribution is 2.24. The van der Waals surface area contributed by atoms with E-state index in [-0.39, 0.29) is 46.6 Å². The number of rotatable bonds is 28. The van der Waals surface area contributed by atoms with Gasteiger partial charge in [0.2, 0.25) is 34.8 Å². The predicted molar refractivity (Wildman–Crippen MR) is 379 cm³/mol. The fourth-order valence-corrected chi connectivity index (χ4v) is 8.63. The molecular formula is C66H87Cl5N14O12. The Morgan fingerprint density at radius 1 is 0.495 bits per heavy atom. The number of hydrogen-bond donors (Lipinski definition) is 7. The lowest BCUT2D eigenvalue weighted by Crippen LogP contribution is -2.33. The number of nitrogens with two attached hydrogens (primary N) is 1. The molecule has 31 heteroatoms. The number of ether oxygens (including phenoxy) is 5. The van der Waals surface area contributed by atoms with Gasteiger partial charge >= 0.3 is 18.2 Å². The number of nitrogens with zero attached hydrogens (tertiary/aromatic N) is 8. The molecule has 0 spiro atoms. The van der Waals surface area contributed by atoms with Crippen molar-refractivity contribution in [1.82, 2.24) is 55.0 Å². The van der Waals surface area contributed by atoms with Crippen LogP contribution in [0.25, 0.3) is 0 Å². The molecule has 0 fully saturated rings. The summed E-state index contributed by atoms with van der Waals surface area (Å²) in [7, 11) is 4.66. The van der Waals surface area contributed by atoms with Crippen LogP contribution in [0.5, 0.6) is 17.6 Å². The molecule has 0 saturated heterocycles. The summed E-state index contributed by atoms with van der Waals surface area (Å²) in [5.41, 5.74) is 4.98. The fraction of sp³-hybridized carbons (Fsp3) is 0.424. The predicted octanol–water partition coefficient (Wildman–Crippen LogP) is 12.3. The average Bonchev–Trinajstić information content (AvgIpc) is 0.902. The summed E-state index contributed by atoms with van der Waals surface area (Å²) < 4.78 is 27.9. The summed E-state index contributed by atoms with van der Waals surface area (Å²) in [6, 6.07) is 21.2. The summed E-state index contributed by atoms with van der Waals surface area (Å²) in [6.07, 6.45) is 15.7. The summed E-state index contributed by atoms with van der Waals surface area (Å²) in [5.74, 6) is 0.983. The first-order chi connectivity index (χ1) is 46.1. The van der Waals surface area contributed by atoms with Gasteiger partial charge in [-0.05, 0) is 171 Å². The van der Waals surface area contributed by atoms with Crippen LogP contribution >= 0.6 is 58.0 Å². The van der Waals surface area contributed by atoms with Crippen molar-refractivity contribution >= 4 is 94.0 Å². The number of halogens is 5. The zero-order chi connectivity index (χ0) is 71.8. The van der Waals surface area contributed by atoms with E-state index in [9.17, 15) is 28.8 Å². The second kappa shape index (κ2) is 45.1. The minimum Gasteiger partial charge on any atom is -0.481 e. The number of amides is 3. The Labute approximate surface area is 590 Å². The summed E-state index contributed by atoms with van der Waals surface area (Å²) in [5, 5.41) is 25.3. The molecule has 3 amide bonds. The standard InChI is InChI=1S/C23H25Cl2N5O3.C15H26N4O3.C13H9Cl2NO3.C10H22N2O2.C5H5ClN2O/c1-33-20-9-12-28-23(29-20)27-11-4-2-3-10-26-21(31)17-6-5-13-30(22(17)32)15-16-7-8-18(24)19(25)14-16;1-15(2,3)22-14(20)18-10-7-5-6-9-16-13-17-11-8-12(19-13)21-4;14-10-4-3-8(6-11(10)15)7-16-5-1-2-9(12(16)17)13(18)19;1-10(2,3)14-9(13)12-8-6-4-5-7-11;1-9-4-2-3-7-5(6)8-4/h5-9,12-14H,2-4,10-11,15H2,1H3,(H,26,31)(H,27,28,29);8,11H,5-7,9-10H2,1-4H3,(H,18,20)(H,16,17,19);1-6H,7H2,(H,18,19);4-8,11H2,1-3H3,(H,12,13);2-3H,1H3. The number of unbranched alkanes of at least 4 members (excludes halogenated alkanes) is 6. The van der Waals surface area contributed by atoms with E-state index in [4.69, 9.17) is 92.5 Å². The molecule has 0 aliphatic heterocycles. The number of benzene rings is 2. The third-order valence-corrected chi connectivity index (χ3v) is 14.1. The first kappa shape index (κ1) is 82.7. The molecule has 0 aliphatic carbocycles. The lowest BCUT2D eigenvalue weighted by molar-refractivity contribution is 0.0515. The molecule has 0 atom stereocenters. The summed E-state index contributed by atoms with van der Waals surface area (Å²) in [4.78, 5) is 94.5. The monoisotopic (exact) mass is 1440 g/mol. The third-order valence-electron chi connectivity index (χ3n) is 12.5. The van der Waals surface area contributed by atoms with Crippen LogP contribution in [-0.2, 0) is 22.6 Å². The topological polar surface area (TPSA) is 342 Å². The fourth-order valence-electron chi connectivity index (χ4n) is 7.85. The number of methoxy groups -OCH3 is 3. The van der Waals surface area contributed by atoms with E-state index in [1.54, 1.807) is 93.5 Å². The van der Waals surface area contributed by atoms with E-state index >= 15 is 0 Å². The zero-order valence-electron chi connectivity index (χ0n) is 55.9. The van der Waals surface area contributed by atoms with Crippen molar-refractivity contribution in [1.29, 1.82) is 0 Å². The van der Waals surface area contributed by atoms with Crippen LogP contribution in [0.15, 0.2) is 119 Å². The second-order valence-electron chi connectivity index (χ2n) is 22.7. The molecule has 7 rings (SSSR count). The van der Waals surface area contributed by atoms with Gasteiger partial charge in [0.15, 0.2) is 0 Å². The lowest BCUT2D eigenvalue weighted by atomic mass is 10.2. The van der Waals surface area contributed by atoms with E-state index in [2.05, 4.69) is 56.5 Å². The first-order valence-corrected chi connectivity index (χ1v) is 32.7. The molecule has 0 unspecified atom stereocenters. The number of carboxylic acid groups (broad SMARTS) is 1. The van der Waals surface area contributed by atoms with Gasteiger partial charge in [0.1, 0.15) is 22.3 Å². The molecule has 0 aliphatic rings. The van der Waals surface area contributed by atoms with Crippen LogP contribution in [0.1, 0.15) is 131 Å². The number of carboxylic acids is 1. The normalized spacial score (nSPS) is 10.6. The largest absolute Gasteiger partial charge is 0.481 e. The molecule has 26 nitrogen and oxygen atoms in total. The molecule has 0 radical (unpaired) electrons. The SMILES string of the molecule is CC(C)(C)OC(=O)NCCCCCN.COc1ccnc(Cl)n1.COc1ccnc(NCCCCCNC(=O)OC(C)(C)C)n1.COc1ccnc(NCCCCCNC(=O)c2cccn(Cc3ccc(Cl)c(Cl)c3)c2=O)n1.O=C(O)c1cccn(Cc2ccc(Cl)c(Cl)c2)c1=O. The Morgan fingerprint density at radius 3 is 1.28 bits per heavy atom. The molecular weight excluding hydrogens is 1360 g/mol. The maximum Gasteiger partial charge on any atom is 0.407 e. The van der Waals surface area contributed by atoms with Crippen LogP contribution in [0.3, 0.4) is 0 Å². The number of alkyl carbamates (subject to hydrolysis) is 2. The van der Waals surface area contributed by atoms with E-state index < -0.39 is 22.7 Å². The number of aromatic nitrogens is 8. The minimum absolute atomic E-state index is 0.106. The third kappa shape index (κ3) is 35.3. The van der Waals surface area contributed by atoms with Crippen molar-refractivity contribution in [2.45, 2.75) is 124 Å². The van der Waals surface area contributed by atoms with Gasteiger partial charge in [-0.1, -0.05) is 65.0 Å². The van der Waals surface area contributed by atoms with E-state index in [1.165, 1.54) is 46.8 Å². The van der Waals surface area contributed by atoms with Crippen LogP contribution in [0.2, 0.25) is 25.4 Å². The number of aromatic carboxylic acids is 1. The number of pyridine rings is 2. The van der Waals surface area contributed by atoms with Crippen molar-refractivity contribution in [2.75, 3.05) is 71.2 Å². The Kier molecular flexibility index (Phi) is 38.4. The first-order valence-electron chi connectivity index (χ1n) is 30.8. The molecule has 7 aromatic rings. The lowest BCUT2D eigenvalue weighted by Gasteiger charge is -2.19. The average molecular weight is 1450 g/mol. The molecule has 5 aromatic heterocycles. The number of hydrogen-bond acceptors (Lipinski definition) is 20. The number of carbonyl (C=O) groups is 4. The summed E-state index contributed by atoms with van der Waals surface area (Å²) in [6.45, 7) is 15.6. The number of anilines is 2. The Hall–Kier alpha value is -8.53. The van der Waals surface area contributed by atoms with Gasteiger partial charge in [0.25, 0.3) is 17.0 Å².